The second-order valence-electron chi connectivity index (χ2n) is 4.17. The number of benzene rings is 1. The van der Waals surface area contributed by atoms with Crippen LogP contribution in [0.15, 0.2) is 43.7 Å². The molecule has 1 heterocycles. The zero-order valence-corrected chi connectivity index (χ0v) is 14.1. The molecule has 3 nitrogen and oxygen atoms in total. The summed E-state index contributed by atoms with van der Waals surface area (Å²) in [7, 11) is 1.33. The highest BCUT2D eigenvalue weighted by molar-refractivity contribution is 9.11. The molecule has 0 aliphatic heterocycles. The Hall–Kier alpha value is -1.33. The van der Waals surface area contributed by atoms with E-state index in [1.54, 1.807) is 12.1 Å². The van der Waals surface area contributed by atoms with Crippen molar-refractivity contribution < 1.29 is 13.9 Å². The van der Waals surface area contributed by atoms with Gasteiger partial charge in [-0.2, -0.15) is 0 Å². The fourth-order valence-corrected chi connectivity index (χ4v) is 2.87. The SMILES string of the molecule is COC(=O)/C=C/c1cc(Br)c(-c2ccc(C)cc2Br)o1. The van der Waals surface area contributed by atoms with Crippen LogP contribution in [0.3, 0.4) is 0 Å². The minimum absolute atomic E-state index is 0.421. The van der Waals surface area contributed by atoms with E-state index in [0.29, 0.717) is 11.5 Å². The van der Waals surface area contributed by atoms with Crippen molar-refractivity contribution in [2.75, 3.05) is 7.11 Å². The molecular formula is C15H12Br2O3. The van der Waals surface area contributed by atoms with Crippen molar-refractivity contribution in [2.45, 2.75) is 6.92 Å². The predicted octanol–water partition coefficient (Wildman–Crippen LogP) is 4.97. The second kappa shape index (κ2) is 6.41. The molecule has 2 aromatic rings. The quantitative estimate of drug-likeness (QED) is 0.540. The summed E-state index contributed by atoms with van der Waals surface area (Å²) in [5, 5.41) is 0. The number of rotatable bonds is 3. The molecule has 1 aromatic heterocycles. The van der Waals surface area contributed by atoms with Crippen LogP contribution in [-0.4, -0.2) is 13.1 Å². The Morgan fingerprint density at radius 3 is 2.65 bits per heavy atom. The summed E-state index contributed by atoms with van der Waals surface area (Å²) in [6.45, 7) is 2.02. The highest BCUT2D eigenvalue weighted by atomic mass is 79.9. The van der Waals surface area contributed by atoms with Crippen LogP contribution in [0.4, 0.5) is 0 Å². The second-order valence-corrected chi connectivity index (χ2v) is 5.87. The molecule has 0 fully saturated rings. The lowest BCUT2D eigenvalue weighted by molar-refractivity contribution is -0.134. The number of aryl methyl sites for hydroxylation is 1. The van der Waals surface area contributed by atoms with Gasteiger partial charge in [0.15, 0.2) is 0 Å². The van der Waals surface area contributed by atoms with Crippen molar-refractivity contribution in [1.82, 2.24) is 0 Å². The molecule has 0 N–H and O–H groups in total. The molecule has 5 heteroatoms. The van der Waals surface area contributed by atoms with E-state index in [1.165, 1.54) is 13.2 Å². The Bertz CT molecular complexity index is 672. The number of furan rings is 1. The van der Waals surface area contributed by atoms with Crippen molar-refractivity contribution >= 4 is 43.9 Å². The lowest BCUT2D eigenvalue weighted by Gasteiger charge is -2.03. The molecule has 0 saturated carbocycles. The van der Waals surface area contributed by atoms with Gasteiger partial charge in [-0.1, -0.05) is 22.0 Å². The van der Waals surface area contributed by atoms with Crippen molar-refractivity contribution in [3.8, 4) is 11.3 Å². The Kier molecular flexibility index (Phi) is 4.83. The lowest BCUT2D eigenvalue weighted by atomic mass is 10.1. The van der Waals surface area contributed by atoms with Gasteiger partial charge >= 0.3 is 5.97 Å². The molecule has 2 rings (SSSR count). The average Bonchev–Trinajstić information content (AvgIpc) is 2.77. The fraction of sp³-hybridized carbons (Fsp3) is 0.133. The molecule has 0 aliphatic rings. The third kappa shape index (κ3) is 3.41. The Morgan fingerprint density at radius 2 is 2.00 bits per heavy atom. The molecule has 0 bridgehead atoms. The smallest absolute Gasteiger partial charge is 0.330 e. The first-order chi connectivity index (χ1) is 9.51. The largest absolute Gasteiger partial charge is 0.466 e. The van der Waals surface area contributed by atoms with E-state index in [1.807, 2.05) is 25.1 Å². The maximum absolute atomic E-state index is 11.1. The number of ether oxygens (including phenoxy) is 1. The monoisotopic (exact) mass is 398 g/mol. The van der Waals surface area contributed by atoms with Gasteiger partial charge < -0.3 is 9.15 Å². The molecule has 104 valence electrons. The number of carbonyl (C=O) groups is 1. The summed E-state index contributed by atoms with van der Waals surface area (Å²) in [4.78, 5) is 11.1. The Balaban J connectivity index is 2.36. The molecule has 0 spiro atoms. The molecular weight excluding hydrogens is 388 g/mol. The summed E-state index contributed by atoms with van der Waals surface area (Å²) in [6.07, 6.45) is 2.89. The molecule has 0 saturated heterocycles. The van der Waals surface area contributed by atoms with Gasteiger partial charge in [0, 0.05) is 16.1 Å². The van der Waals surface area contributed by atoms with E-state index < -0.39 is 5.97 Å². The Labute approximate surface area is 133 Å². The zero-order valence-electron chi connectivity index (χ0n) is 10.9. The minimum atomic E-state index is -0.421. The maximum atomic E-state index is 11.1. The molecule has 1 aromatic carbocycles. The van der Waals surface area contributed by atoms with Gasteiger partial charge in [-0.15, -0.1) is 0 Å². The van der Waals surface area contributed by atoms with E-state index in [2.05, 4.69) is 36.6 Å². The highest BCUT2D eigenvalue weighted by Gasteiger charge is 2.13. The summed E-state index contributed by atoms with van der Waals surface area (Å²) in [6, 6.07) is 7.82. The van der Waals surface area contributed by atoms with Gasteiger partial charge in [0.25, 0.3) is 0 Å². The van der Waals surface area contributed by atoms with E-state index in [4.69, 9.17) is 4.42 Å². The third-order valence-electron chi connectivity index (χ3n) is 2.66. The van der Waals surface area contributed by atoms with Crippen molar-refractivity contribution in [3.05, 3.63) is 50.6 Å². The molecule has 0 radical (unpaired) electrons. The van der Waals surface area contributed by atoms with Gasteiger partial charge in [-0.05, 0) is 52.7 Å². The summed E-state index contributed by atoms with van der Waals surface area (Å²) in [5.74, 6) is 0.863. The standard InChI is InChI=1S/C15H12Br2O3/c1-9-3-5-11(12(16)7-9)15-13(17)8-10(20-15)4-6-14(18)19-2/h3-8H,1-2H3/b6-4+. The van der Waals surface area contributed by atoms with Crippen LogP contribution >= 0.6 is 31.9 Å². The average molecular weight is 400 g/mol. The highest BCUT2D eigenvalue weighted by Crippen LogP contribution is 2.36. The first-order valence-electron chi connectivity index (χ1n) is 5.83. The first-order valence-corrected chi connectivity index (χ1v) is 7.41. The van der Waals surface area contributed by atoms with Gasteiger partial charge in [0.05, 0.1) is 11.6 Å². The number of methoxy groups -OCH3 is 1. The fourth-order valence-electron chi connectivity index (χ4n) is 1.67. The van der Waals surface area contributed by atoms with Gasteiger partial charge in [0.1, 0.15) is 11.5 Å². The van der Waals surface area contributed by atoms with E-state index in [0.717, 1.165) is 20.1 Å². The van der Waals surface area contributed by atoms with Gasteiger partial charge in [-0.3, -0.25) is 0 Å². The van der Waals surface area contributed by atoms with Crippen LogP contribution < -0.4 is 0 Å². The van der Waals surface area contributed by atoms with Crippen LogP contribution in [0.2, 0.25) is 0 Å². The third-order valence-corrected chi connectivity index (χ3v) is 3.91. The van der Waals surface area contributed by atoms with Crippen molar-refractivity contribution in [3.63, 3.8) is 0 Å². The number of hydrogen-bond donors (Lipinski definition) is 0. The number of hydrogen-bond acceptors (Lipinski definition) is 3. The molecule has 0 atom stereocenters. The van der Waals surface area contributed by atoms with Gasteiger partial charge in [0.2, 0.25) is 0 Å². The normalized spacial score (nSPS) is 11.0. The van der Waals surface area contributed by atoms with Crippen LogP contribution in [0.5, 0.6) is 0 Å². The summed E-state index contributed by atoms with van der Waals surface area (Å²) >= 11 is 6.99. The lowest BCUT2D eigenvalue weighted by Crippen LogP contribution is -1.92. The zero-order chi connectivity index (χ0) is 14.7. The topological polar surface area (TPSA) is 39.4 Å². The maximum Gasteiger partial charge on any atom is 0.330 e. The minimum Gasteiger partial charge on any atom is -0.466 e. The summed E-state index contributed by atoms with van der Waals surface area (Å²) in [5.41, 5.74) is 2.11. The molecule has 0 unspecified atom stereocenters. The van der Waals surface area contributed by atoms with Crippen LogP contribution in [0.25, 0.3) is 17.4 Å². The number of carbonyl (C=O) groups excluding carboxylic acids is 1. The molecule has 0 amide bonds. The van der Waals surface area contributed by atoms with Crippen molar-refractivity contribution in [2.24, 2.45) is 0 Å². The van der Waals surface area contributed by atoms with E-state index >= 15 is 0 Å². The van der Waals surface area contributed by atoms with Crippen LogP contribution in [0.1, 0.15) is 11.3 Å². The van der Waals surface area contributed by atoms with E-state index in [-0.39, 0.29) is 0 Å². The summed E-state index contributed by atoms with van der Waals surface area (Å²) < 4.78 is 12.1. The van der Waals surface area contributed by atoms with E-state index in [9.17, 15) is 4.79 Å². The van der Waals surface area contributed by atoms with Crippen LogP contribution in [0, 0.1) is 6.92 Å². The first kappa shape index (κ1) is 15.1. The number of halogens is 2. The Morgan fingerprint density at radius 1 is 1.25 bits per heavy atom. The molecule has 0 aliphatic carbocycles. The number of esters is 1. The predicted molar refractivity (Wildman–Crippen MR) is 85.3 cm³/mol. The molecule has 20 heavy (non-hydrogen) atoms. The van der Waals surface area contributed by atoms with Gasteiger partial charge in [-0.25, -0.2) is 4.79 Å². The van der Waals surface area contributed by atoms with Crippen molar-refractivity contribution in [1.29, 1.82) is 0 Å². The van der Waals surface area contributed by atoms with Crippen LogP contribution in [-0.2, 0) is 9.53 Å².